The minimum Gasteiger partial charge on any atom is -0.330 e. The van der Waals surface area contributed by atoms with Crippen molar-refractivity contribution >= 4 is 17.7 Å². The zero-order chi connectivity index (χ0) is 18.6. The van der Waals surface area contributed by atoms with Crippen molar-refractivity contribution in [1.29, 1.82) is 0 Å². The third-order valence-electron chi connectivity index (χ3n) is 4.70. The minimum absolute atomic E-state index is 0.0648. The lowest BCUT2D eigenvalue weighted by Crippen LogP contribution is -2.40. The number of likely N-dealkylation sites (tertiary alicyclic amines) is 1. The number of nitrogens with zero attached hydrogens (tertiary/aromatic N) is 6. The molecule has 8 nitrogen and oxygen atoms in total. The van der Waals surface area contributed by atoms with Gasteiger partial charge in [-0.15, -0.1) is 0 Å². The number of hydrogen-bond donors (Lipinski definition) is 1. The average molecular weight is 363 g/mol. The summed E-state index contributed by atoms with van der Waals surface area (Å²) in [4.78, 5) is 32.3. The number of carbonyl (C=O) groups is 1. The van der Waals surface area contributed by atoms with Gasteiger partial charge in [0.2, 0.25) is 5.95 Å². The SMILES string of the molecule is Cn1ccnc1C(=O)N1CCCCC1c1ccnc(Nc2ccccn2)n1. The monoisotopic (exact) mass is 363 g/mol. The van der Waals surface area contributed by atoms with Crippen molar-refractivity contribution in [1.82, 2.24) is 29.4 Å². The fourth-order valence-electron chi connectivity index (χ4n) is 3.35. The van der Waals surface area contributed by atoms with Crippen LogP contribution in [0.25, 0.3) is 0 Å². The lowest BCUT2D eigenvalue weighted by Gasteiger charge is -2.35. The molecular weight excluding hydrogens is 342 g/mol. The number of rotatable bonds is 4. The normalized spacial score (nSPS) is 16.9. The average Bonchev–Trinajstić information content (AvgIpc) is 3.14. The van der Waals surface area contributed by atoms with Crippen LogP contribution in [0, 0.1) is 0 Å². The summed E-state index contributed by atoms with van der Waals surface area (Å²) in [5.74, 6) is 1.54. The zero-order valence-electron chi connectivity index (χ0n) is 15.1. The number of imidazole rings is 1. The van der Waals surface area contributed by atoms with Crippen molar-refractivity contribution in [3.8, 4) is 0 Å². The second kappa shape index (κ2) is 7.53. The van der Waals surface area contributed by atoms with Crippen LogP contribution in [0.3, 0.4) is 0 Å². The van der Waals surface area contributed by atoms with Crippen LogP contribution in [0.15, 0.2) is 49.1 Å². The second-order valence-electron chi connectivity index (χ2n) is 6.52. The van der Waals surface area contributed by atoms with Crippen LogP contribution in [0.1, 0.15) is 41.6 Å². The van der Waals surface area contributed by atoms with Crippen LogP contribution >= 0.6 is 0 Å². The number of aromatic nitrogens is 5. The smallest absolute Gasteiger partial charge is 0.290 e. The number of anilines is 2. The summed E-state index contributed by atoms with van der Waals surface area (Å²) >= 11 is 0. The molecule has 1 aliphatic heterocycles. The Morgan fingerprint density at radius 3 is 2.81 bits per heavy atom. The molecule has 1 unspecified atom stereocenters. The highest BCUT2D eigenvalue weighted by molar-refractivity contribution is 5.91. The van der Waals surface area contributed by atoms with Crippen molar-refractivity contribution in [2.45, 2.75) is 25.3 Å². The molecule has 8 heteroatoms. The highest BCUT2D eigenvalue weighted by Gasteiger charge is 2.31. The van der Waals surface area contributed by atoms with Crippen molar-refractivity contribution in [3.63, 3.8) is 0 Å². The van der Waals surface area contributed by atoms with Gasteiger partial charge in [0.05, 0.1) is 11.7 Å². The third kappa shape index (κ3) is 3.64. The molecule has 4 rings (SSSR count). The molecule has 1 amide bonds. The quantitative estimate of drug-likeness (QED) is 0.767. The lowest BCUT2D eigenvalue weighted by molar-refractivity contribution is 0.0589. The molecule has 138 valence electrons. The maximum absolute atomic E-state index is 13.0. The summed E-state index contributed by atoms with van der Waals surface area (Å²) in [7, 11) is 1.83. The van der Waals surface area contributed by atoms with E-state index in [0.29, 0.717) is 24.1 Å². The largest absolute Gasteiger partial charge is 0.330 e. The van der Waals surface area contributed by atoms with Gasteiger partial charge in [0, 0.05) is 38.4 Å². The highest BCUT2D eigenvalue weighted by atomic mass is 16.2. The molecule has 1 aliphatic rings. The number of carbonyl (C=O) groups excluding carboxylic acids is 1. The van der Waals surface area contributed by atoms with Gasteiger partial charge >= 0.3 is 0 Å². The van der Waals surface area contributed by atoms with Crippen LogP contribution in [-0.4, -0.2) is 41.9 Å². The van der Waals surface area contributed by atoms with Crippen molar-refractivity contribution in [2.24, 2.45) is 7.05 Å². The Kier molecular flexibility index (Phi) is 4.78. The molecule has 0 bridgehead atoms. The van der Waals surface area contributed by atoms with E-state index in [-0.39, 0.29) is 11.9 Å². The number of aryl methyl sites for hydroxylation is 1. The fourth-order valence-corrected chi connectivity index (χ4v) is 3.35. The molecule has 1 fully saturated rings. The van der Waals surface area contributed by atoms with Crippen LogP contribution in [0.4, 0.5) is 11.8 Å². The second-order valence-corrected chi connectivity index (χ2v) is 6.52. The first-order valence-corrected chi connectivity index (χ1v) is 9.01. The van der Waals surface area contributed by atoms with E-state index < -0.39 is 0 Å². The van der Waals surface area contributed by atoms with Crippen molar-refractivity contribution < 1.29 is 4.79 Å². The first-order chi connectivity index (χ1) is 13.2. The molecule has 27 heavy (non-hydrogen) atoms. The predicted molar refractivity (Wildman–Crippen MR) is 100 cm³/mol. The maximum Gasteiger partial charge on any atom is 0.290 e. The molecule has 0 radical (unpaired) electrons. The molecule has 1 atom stereocenters. The third-order valence-corrected chi connectivity index (χ3v) is 4.70. The first kappa shape index (κ1) is 17.1. The van der Waals surface area contributed by atoms with E-state index in [0.717, 1.165) is 25.0 Å². The Morgan fingerprint density at radius 1 is 1.11 bits per heavy atom. The van der Waals surface area contributed by atoms with Gasteiger partial charge in [0.25, 0.3) is 5.91 Å². The Morgan fingerprint density at radius 2 is 2.04 bits per heavy atom. The number of amides is 1. The summed E-state index contributed by atoms with van der Waals surface area (Å²) < 4.78 is 1.75. The highest BCUT2D eigenvalue weighted by Crippen LogP contribution is 2.31. The van der Waals surface area contributed by atoms with E-state index in [9.17, 15) is 4.79 Å². The fraction of sp³-hybridized carbons (Fsp3) is 0.316. The zero-order valence-corrected chi connectivity index (χ0v) is 15.1. The van der Waals surface area contributed by atoms with E-state index in [1.165, 1.54) is 0 Å². The topological polar surface area (TPSA) is 88.8 Å². The van der Waals surface area contributed by atoms with Crippen LogP contribution in [0.2, 0.25) is 0 Å². The molecule has 0 aromatic carbocycles. The van der Waals surface area contributed by atoms with Crippen LogP contribution in [-0.2, 0) is 7.05 Å². The molecule has 0 spiro atoms. The van der Waals surface area contributed by atoms with E-state index in [1.54, 1.807) is 29.4 Å². The van der Waals surface area contributed by atoms with Gasteiger partial charge in [-0.25, -0.2) is 19.9 Å². The van der Waals surface area contributed by atoms with Gasteiger partial charge in [0.15, 0.2) is 5.82 Å². The Bertz CT molecular complexity index is 925. The minimum atomic E-state index is -0.0877. The Hall–Kier alpha value is -3.29. The standard InChI is InChI=1S/C19H21N7O/c1-25-13-11-21-17(25)18(27)26-12-5-3-6-15(26)14-8-10-22-19(23-14)24-16-7-2-4-9-20-16/h2,4,7-11,13,15H,3,5-6,12H2,1H3,(H,20,22,23,24). The number of pyridine rings is 1. The summed E-state index contributed by atoms with van der Waals surface area (Å²) in [5, 5.41) is 3.11. The van der Waals surface area contributed by atoms with Gasteiger partial charge in [0.1, 0.15) is 5.82 Å². The Balaban J connectivity index is 1.59. The number of piperidine rings is 1. The van der Waals surface area contributed by atoms with Crippen LogP contribution in [0.5, 0.6) is 0 Å². The lowest BCUT2D eigenvalue weighted by atomic mass is 9.99. The van der Waals surface area contributed by atoms with Crippen molar-refractivity contribution in [2.75, 3.05) is 11.9 Å². The van der Waals surface area contributed by atoms with E-state index in [1.807, 2.05) is 36.2 Å². The van der Waals surface area contributed by atoms with Gasteiger partial charge < -0.3 is 14.8 Å². The predicted octanol–water partition coefficient (Wildman–Crippen LogP) is 2.72. The number of hydrogen-bond acceptors (Lipinski definition) is 6. The Labute approximate surface area is 157 Å². The molecule has 3 aromatic heterocycles. The summed E-state index contributed by atoms with van der Waals surface area (Å²) in [6, 6.07) is 7.39. The van der Waals surface area contributed by atoms with E-state index >= 15 is 0 Å². The van der Waals surface area contributed by atoms with Gasteiger partial charge in [-0.3, -0.25) is 4.79 Å². The molecule has 1 saturated heterocycles. The molecular formula is C19H21N7O. The molecule has 4 heterocycles. The molecule has 0 aliphatic carbocycles. The molecule has 3 aromatic rings. The van der Waals surface area contributed by atoms with Gasteiger partial charge in [-0.1, -0.05) is 6.07 Å². The first-order valence-electron chi connectivity index (χ1n) is 9.01. The van der Waals surface area contributed by atoms with Gasteiger partial charge in [-0.05, 0) is 37.5 Å². The molecule has 1 N–H and O–H groups in total. The maximum atomic E-state index is 13.0. The number of nitrogens with one attached hydrogen (secondary N) is 1. The summed E-state index contributed by atoms with van der Waals surface area (Å²) in [6.45, 7) is 0.698. The van der Waals surface area contributed by atoms with E-state index in [4.69, 9.17) is 0 Å². The summed E-state index contributed by atoms with van der Waals surface area (Å²) in [6.07, 6.45) is 9.76. The molecule has 0 saturated carbocycles. The van der Waals surface area contributed by atoms with Crippen LogP contribution < -0.4 is 5.32 Å². The summed E-state index contributed by atoms with van der Waals surface area (Å²) in [5.41, 5.74) is 0.825. The van der Waals surface area contributed by atoms with Gasteiger partial charge in [-0.2, -0.15) is 0 Å². The van der Waals surface area contributed by atoms with E-state index in [2.05, 4.69) is 25.3 Å². The van der Waals surface area contributed by atoms with Crippen molar-refractivity contribution in [3.05, 3.63) is 60.6 Å².